The molecule has 0 aromatic heterocycles. The molecule has 1 amide bonds. The summed E-state index contributed by atoms with van der Waals surface area (Å²) in [5, 5.41) is 3.60. The molecule has 1 N–H and O–H groups in total. The highest BCUT2D eigenvalue weighted by atomic mass is 35.5. The predicted molar refractivity (Wildman–Crippen MR) is 108 cm³/mol. The van der Waals surface area contributed by atoms with Crippen LogP contribution in [0.25, 0.3) is 0 Å². The molecule has 2 aromatic rings. The lowest BCUT2D eigenvalue weighted by molar-refractivity contribution is 0.0933. The molecule has 1 unspecified atom stereocenters. The van der Waals surface area contributed by atoms with Gasteiger partial charge in [-0.25, -0.2) is 0 Å². The number of benzene rings is 2. The van der Waals surface area contributed by atoms with Crippen molar-refractivity contribution in [1.29, 1.82) is 0 Å². The van der Waals surface area contributed by atoms with E-state index in [0.717, 1.165) is 13.1 Å². The number of hydrogen-bond acceptors (Lipinski definition) is 2. The second-order valence-electron chi connectivity index (χ2n) is 7.07. The number of halogens is 1. The second kappa shape index (κ2) is 9.20. The smallest absolute Gasteiger partial charge is 0.252 e. The van der Waals surface area contributed by atoms with Gasteiger partial charge in [0.25, 0.3) is 5.91 Å². The molecule has 2 aromatic carbocycles. The molecule has 26 heavy (non-hydrogen) atoms. The van der Waals surface area contributed by atoms with Crippen molar-refractivity contribution < 1.29 is 4.79 Å². The molecule has 1 saturated heterocycles. The fourth-order valence-electron chi connectivity index (χ4n) is 3.58. The Morgan fingerprint density at radius 1 is 1.04 bits per heavy atom. The molecule has 138 valence electrons. The van der Waals surface area contributed by atoms with Gasteiger partial charge in [0.1, 0.15) is 0 Å². The Morgan fingerprint density at radius 2 is 1.69 bits per heavy atom. The van der Waals surface area contributed by atoms with Crippen LogP contribution in [0.2, 0.25) is 5.02 Å². The Labute approximate surface area is 161 Å². The van der Waals surface area contributed by atoms with Crippen LogP contribution < -0.4 is 5.32 Å². The van der Waals surface area contributed by atoms with Crippen molar-refractivity contribution in [3.05, 3.63) is 70.2 Å². The summed E-state index contributed by atoms with van der Waals surface area (Å²) in [6.45, 7) is 4.86. The molecule has 0 radical (unpaired) electrons. The van der Waals surface area contributed by atoms with Crippen LogP contribution in [-0.4, -0.2) is 30.4 Å². The molecule has 1 aliphatic rings. The molecule has 1 atom stereocenters. The maximum Gasteiger partial charge on any atom is 0.252 e. The van der Waals surface area contributed by atoms with Gasteiger partial charge in [0, 0.05) is 6.54 Å². The van der Waals surface area contributed by atoms with Crippen LogP contribution in [0.5, 0.6) is 0 Å². The minimum Gasteiger partial charge on any atom is -0.350 e. The van der Waals surface area contributed by atoms with Crippen molar-refractivity contribution in [2.75, 3.05) is 19.6 Å². The molecule has 1 aliphatic heterocycles. The maximum atomic E-state index is 12.6. The van der Waals surface area contributed by atoms with Gasteiger partial charge in [-0.05, 0) is 50.6 Å². The molecule has 1 heterocycles. The normalized spacial score (nSPS) is 16.7. The van der Waals surface area contributed by atoms with Gasteiger partial charge in [-0.2, -0.15) is 0 Å². The van der Waals surface area contributed by atoms with Crippen LogP contribution in [0.15, 0.2) is 48.5 Å². The third kappa shape index (κ3) is 4.87. The third-order valence-corrected chi connectivity index (χ3v) is 5.45. The van der Waals surface area contributed by atoms with Gasteiger partial charge in [0.05, 0.1) is 16.6 Å². The van der Waals surface area contributed by atoms with E-state index in [9.17, 15) is 4.79 Å². The Bertz CT molecular complexity index is 721. The van der Waals surface area contributed by atoms with Crippen LogP contribution in [0.1, 0.15) is 53.2 Å². The molecule has 0 bridgehead atoms. The number of amides is 1. The van der Waals surface area contributed by atoms with Gasteiger partial charge in [-0.15, -0.1) is 0 Å². The highest BCUT2D eigenvalue weighted by molar-refractivity contribution is 6.33. The quantitative estimate of drug-likeness (QED) is 0.803. The van der Waals surface area contributed by atoms with Gasteiger partial charge < -0.3 is 5.32 Å². The Hall–Kier alpha value is -1.84. The van der Waals surface area contributed by atoms with E-state index in [1.54, 1.807) is 12.1 Å². The first-order chi connectivity index (χ1) is 12.6. The summed E-state index contributed by atoms with van der Waals surface area (Å²) in [6.07, 6.45) is 5.04. The lowest BCUT2D eigenvalue weighted by atomic mass is 10.0. The lowest BCUT2D eigenvalue weighted by Crippen LogP contribution is -2.38. The Balaban J connectivity index is 1.75. The van der Waals surface area contributed by atoms with Crippen molar-refractivity contribution in [3.8, 4) is 0 Å². The zero-order valence-corrected chi connectivity index (χ0v) is 16.1. The van der Waals surface area contributed by atoms with E-state index in [0.29, 0.717) is 17.1 Å². The highest BCUT2D eigenvalue weighted by Gasteiger charge is 2.22. The van der Waals surface area contributed by atoms with E-state index in [1.807, 2.05) is 12.1 Å². The van der Waals surface area contributed by atoms with E-state index < -0.39 is 0 Å². The molecule has 0 aliphatic carbocycles. The minimum absolute atomic E-state index is 0.109. The zero-order chi connectivity index (χ0) is 18.4. The topological polar surface area (TPSA) is 32.3 Å². The average molecular weight is 371 g/mol. The number of rotatable bonds is 5. The fraction of sp³-hybridized carbons (Fsp3) is 0.409. The summed E-state index contributed by atoms with van der Waals surface area (Å²) in [7, 11) is 0. The third-order valence-electron chi connectivity index (χ3n) is 5.12. The van der Waals surface area contributed by atoms with Gasteiger partial charge >= 0.3 is 0 Å². The number of aryl methyl sites for hydroxylation is 1. The zero-order valence-electron chi connectivity index (χ0n) is 15.4. The largest absolute Gasteiger partial charge is 0.350 e. The van der Waals surface area contributed by atoms with Crippen molar-refractivity contribution in [1.82, 2.24) is 10.2 Å². The first-order valence-electron chi connectivity index (χ1n) is 9.48. The highest BCUT2D eigenvalue weighted by Crippen LogP contribution is 2.24. The number of nitrogens with one attached hydrogen (secondary N) is 1. The minimum atomic E-state index is -0.109. The summed E-state index contributed by atoms with van der Waals surface area (Å²) < 4.78 is 0. The fourth-order valence-corrected chi connectivity index (χ4v) is 3.80. The standard InChI is InChI=1S/C22H27ClN2O/c1-17-10-12-18(13-11-17)21(25-14-6-2-3-7-15-25)16-24-22(26)19-8-4-5-9-20(19)23/h4-5,8-13,21H,2-3,6-7,14-16H2,1H3,(H,24,26). The van der Waals surface area contributed by atoms with Gasteiger partial charge in [0.2, 0.25) is 0 Å². The van der Waals surface area contributed by atoms with E-state index >= 15 is 0 Å². The van der Waals surface area contributed by atoms with Crippen molar-refractivity contribution in [2.24, 2.45) is 0 Å². The molecule has 1 fully saturated rings. The molecule has 4 heteroatoms. The van der Waals surface area contributed by atoms with Crippen LogP contribution in [-0.2, 0) is 0 Å². The second-order valence-corrected chi connectivity index (χ2v) is 7.47. The van der Waals surface area contributed by atoms with Gasteiger partial charge in [-0.1, -0.05) is 66.4 Å². The Kier molecular flexibility index (Phi) is 6.70. The summed E-state index contributed by atoms with van der Waals surface area (Å²) in [5.74, 6) is -0.109. The number of nitrogens with zero attached hydrogens (tertiary/aromatic N) is 1. The van der Waals surface area contributed by atoms with Gasteiger partial charge in [-0.3, -0.25) is 9.69 Å². The summed E-state index contributed by atoms with van der Waals surface area (Å²) >= 11 is 6.17. The number of carbonyl (C=O) groups excluding carboxylic acids is 1. The van der Waals surface area contributed by atoms with Crippen molar-refractivity contribution in [2.45, 2.75) is 38.6 Å². The Morgan fingerprint density at radius 3 is 2.35 bits per heavy atom. The lowest BCUT2D eigenvalue weighted by Gasteiger charge is -2.31. The molecule has 3 rings (SSSR count). The monoisotopic (exact) mass is 370 g/mol. The number of likely N-dealkylation sites (tertiary alicyclic amines) is 1. The first kappa shape index (κ1) is 18.9. The van der Waals surface area contributed by atoms with E-state index in [-0.39, 0.29) is 11.9 Å². The van der Waals surface area contributed by atoms with Crippen LogP contribution >= 0.6 is 11.6 Å². The summed E-state index contributed by atoms with van der Waals surface area (Å²) in [5.41, 5.74) is 3.05. The summed E-state index contributed by atoms with van der Waals surface area (Å²) in [4.78, 5) is 15.1. The van der Waals surface area contributed by atoms with Crippen molar-refractivity contribution >= 4 is 17.5 Å². The van der Waals surface area contributed by atoms with E-state index in [1.165, 1.54) is 36.8 Å². The van der Waals surface area contributed by atoms with Crippen LogP contribution in [0, 0.1) is 6.92 Å². The molecule has 0 saturated carbocycles. The molecule has 0 spiro atoms. The van der Waals surface area contributed by atoms with Crippen LogP contribution in [0.4, 0.5) is 0 Å². The number of carbonyl (C=O) groups is 1. The maximum absolute atomic E-state index is 12.6. The van der Waals surface area contributed by atoms with E-state index in [2.05, 4.69) is 41.4 Å². The molecular formula is C22H27ClN2O. The van der Waals surface area contributed by atoms with Gasteiger partial charge in [0.15, 0.2) is 0 Å². The number of hydrogen-bond donors (Lipinski definition) is 1. The predicted octanol–water partition coefficient (Wildman–Crippen LogP) is 5.00. The summed E-state index contributed by atoms with van der Waals surface area (Å²) in [6, 6.07) is 16.1. The molecular weight excluding hydrogens is 344 g/mol. The van der Waals surface area contributed by atoms with E-state index in [4.69, 9.17) is 11.6 Å². The van der Waals surface area contributed by atoms with Crippen molar-refractivity contribution in [3.63, 3.8) is 0 Å². The average Bonchev–Trinajstić information content (AvgIpc) is 2.93. The SMILES string of the molecule is Cc1ccc(C(CNC(=O)c2ccccc2Cl)N2CCCCCC2)cc1. The first-order valence-corrected chi connectivity index (χ1v) is 9.86. The van der Waals surface area contributed by atoms with Crippen LogP contribution in [0.3, 0.4) is 0 Å². The molecule has 3 nitrogen and oxygen atoms in total.